The Morgan fingerprint density at radius 3 is 2.33 bits per heavy atom. The Morgan fingerprint density at radius 1 is 1.47 bits per heavy atom. The van der Waals surface area contributed by atoms with Crippen molar-refractivity contribution < 1.29 is 23.8 Å². The number of carbonyl (C=O) groups is 2. The Balaban J connectivity index is 2.78. The number of hydrogen-bond acceptors (Lipinski definition) is 3. The van der Waals surface area contributed by atoms with Crippen molar-refractivity contribution in [2.45, 2.75) is 13.8 Å². The van der Waals surface area contributed by atoms with Crippen molar-refractivity contribution in [3.05, 3.63) is 11.9 Å². The second-order valence-electron chi connectivity index (χ2n) is 4.17. The minimum absolute atomic E-state index is 0.450. The summed E-state index contributed by atoms with van der Waals surface area (Å²) in [7, 11) is 1.07. The zero-order valence-electron chi connectivity index (χ0n) is 8.78. The van der Waals surface area contributed by atoms with Crippen molar-refractivity contribution >= 4 is 11.9 Å². The van der Waals surface area contributed by atoms with Crippen molar-refractivity contribution in [3.8, 4) is 0 Å². The number of allylic oxidation sites excluding steroid dienone is 1. The molecule has 1 rings (SSSR count). The van der Waals surface area contributed by atoms with Crippen LogP contribution in [-0.2, 0) is 14.3 Å². The van der Waals surface area contributed by atoms with Gasteiger partial charge in [-0.05, 0) is 17.4 Å². The standard InChI is InChI=1S/C10H13FO4/c1-10(2)5(7(10)8(12)13)4-6(11)9(14)15-3/h4-5,7H,1-3H3,(H,12,13)/t5-,7+/m0/s1. The van der Waals surface area contributed by atoms with Crippen molar-refractivity contribution in [2.24, 2.45) is 17.3 Å². The topological polar surface area (TPSA) is 63.6 Å². The average Bonchev–Trinajstić information content (AvgIpc) is 2.66. The third-order valence-corrected chi connectivity index (χ3v) is 2.88. The van der Waals surface area contributed by atoms with Crippen LogP contribution in [0.3, 0.4) is 0 Å². The Kier molecular flexibility index (Phi) is 2.83. The summed E-state index contributed by atoms with van der Waals surface area (Å²) in [5, 5.41) is 8.80. The normalized spacial score (nSPS) is 28.4. The van der Waals surface area contributed by atoms with Crippen LogP contribution in [-0.4, -0.2) is 24.2 Å². The van der Waals surface area contributed by atoms with Gasteiger partial charge in [-0.2, -0.15) is 4.39 Å². The van der Waals surface area contributed by atoms with E-state index < -0.39 is 35.0 Å². The number of ether oxygens (including phenoxy) is 1. The number of carbonyl (C=O) groups excluding carboxylic acids is 1. The van der Waals surface area contributed by atoms with Crippen molar-refractivity contribution in [1.82, 2.24) is 0 Å². The molecule has 0 radical (unpaired) electrons. The highest BCUT2D eigenvalue weighted by atomic mass is 19.1. The van der Waals surface area contributed by atoms with E-state index in [1.807, 2.05) is 0 Å². The first-order valence-corrected chi connectivity index (χ1v) is 4.50. The first-order valence-electron chi connectivity index (χ1n) is 4.50. The first-order chi connectivity index (χ1) is 6.82. The van der Waals surface area contributed by atoms with Crippen molar-refractivity contribution in [2.75, 3.05) is 7.11 Å². The Morgan fingerprint density at radius 2 is 2.00 bits per heavy atom. The molecule has 0 aromatic rings. The lowest BCUT2D eigenvalue weighted by atomic mass is 10.1. The molecular weight excluding hydrogens is 203 g/mol. The van der Waals surface area contributed by atoms with Gasteiger partial charge >= 0.3 is 11.9 Å². The number of carboxylic acid groups (broad SMARTS) is 1. The lowest BCUT2D eigenvalue weighted by Crippen LogP contribution is -2.03. The van der Waals surface area contributed by atoms with Crippen LogP contribution >= 0.6 is 0 Å². The highest BCUT2D eigenvalue weighted by Crippen LogP contribution is 2.59. The molecule has 0 saturated heterocycles. The number of rotatable bonds is 3. The predicted octanol–water partition coefficient (Wildman–Crippen LogP) is 1.37. The molecule has 2 atom stereocenters. The van der Waals surface area contributed by atoms with Crippen LogP contribution < -0.4 is 0 Å². The average molecular weight is 216 g/mol. The second-order valence-corrected chi connectivity index (χ2v) is 4.17. The molecule has 0 spiro atoms. The molecule has 1 aliphatic carbocycles. The molecule has 0 aromatic heterocycles. The summed E-state index contributed by atoms with van der Waals surface area (Å²) in [6.45, 7) is 3.44. The lowest BCUT2D eigenvalue weighted by Gasteiger charge is -1.97. The number of esters is 1. The summed E-state index contributed by atoms with van der Waals surface area (Å²) in [5.74, 6) is -4.15. The van der Waals surface area contributed by atoms with Gasteiger partial charge in [0.1, 0.15) is 0 Å². The van der Waals surface area contributed by atoms with Gasteiger partial charge in [0, 0.05) is 0 Å². The maximum atomic E-state index is 13.1. The SMILES string of the molecule is COC(=O)C(F)=C[C@H]1[C@H](C(=O)O)C1(C)C. The fourth-order valence-corrected chi connectivity index (χ4v) is 1.78. The molecule has 1 fully saturated rings. The monoisotopic (exact) mass is 216 g/mol. The van der Waals surface area contributed by atoms with Gasteiger partial charge in [0.2, 0.25) is 5.83 Å². The fraction of sp³-hybridized carbons (Fsp3) is 0.600. The highest BCUT2D eigenvalue weighted by Gasteiger charge is 2.61. The summed E-state index contributed by atoms with van der Waals surface area (Å²) < 4.78 is 17.2. The Hall–Kier alpha value is -1.39. The Bertz CT molecular complexity index is 332. The first kappa shape index (κ1) is 11.7. The molecular formula is C10H13FO4. The maximum Gasteiger partial charge on any atom is 0.366 e. The minimum Gasteiger partial charge on any atom is -0.481 e. The molecule has 15 heavy (non-hydrogen) atoms. The summed E-state index contributed by atoms with van der Waals surface area (Å²) in [4.78, 5) is 21.5. The molecule has 4 nitrogen and oxygen atoms in total. The quantitative estimate of drug-likeness (QED) is 0.571. The number of hydrogen-bond donors (Lipinski definition) is 1. The molecule has 1 aliphatic rings. The van der Waals surface area contributed by atoms with Crippen molar-refractivity contribution in [1.29, 1.82) is 0 Å². The van der Waals surface area contributed by atoms with Crippen LogP contribution in [0.15, 0.2) is 11.9 Å². The minimum atomic E-state index is -1.07. The van der Waals surface area contributed by atoms with Gasteiger partial charge in [-0.3, -0.25) is 4.79 Å². The second kappa shape index (κ2) is 3.64. The van der Waals surface area contributed by atoms with Crippen LogP contribution in [0.1, 0.15) is 13.8 Å². The van der Waals surface area contributed by atoms with E-state index in [1.165, 1.54) is 0 Å². The van der Waals surface area contributed by atoms with E-state index in [0.717, 1.165) is 13.2 Å². The summed E-state index contributed by atoms with van der Waals surface area (Å²) in [6.07, 6.45) is 1.03. The number of methoxy groups -OCH3 is 1. The molecule has 84 valence electrons. The lowest BCUT2D eigenvalue weighted by molar-refractivity contribution is -0.140. The van der Waals surface area contributed by atoms with Gasteiger partial charge in [-0.25, -0.2) is 4.79 Å². The zero-order valence-corrected chi connectivity index (χ0v) is 8.78. The number of aliphatic carboxylic acids is 1. The Labute approximate surface area is 86.7 Å². The predicted molar refractivity (Wildman–Crippen MR) is 49.6 cm³/mol. The molecule has 1 N–H and O–H groups in total. The van der Waals surface area contributed by atoms with E-state index >= 15 is 0 Å². The van der Waals surface area contributed by atoms with E-state index in [-0.39, 0.29) is 0 Å². The van der Waals surface area contributed by atoms with Gasteiger partial charge < -0.3 is 9.84 Å². The summed E-state index contributed by atoms with van der Waals surface area (Å²) >= 11 is 0. The van der Waals surface area contributed by atoms with E-state index in [4.69, 9.17) is 5.11 Å². The van der Waals surface area contributed by atoms with Crippen LogP contribution in [0, 0.1) is 17.3 Å². The maximum absolute atomic E-state index is 13.1. The smallest absolute Gasteiger partial charge is 0.366 e. The van der Waals surface area contributed by atoms with Gasteiger partial charge in [0.15, 0.2) is 0 Å². The molecule has 0 bridgehead atoms. The molecule has 1 saturated carbocycles. The third kappa shape index (κ3) is 2.00. The third-order valence-electron chi connectivity index (χ3n) is 2.88. The molecule has 0 heterocycles. The van der Waals surface area contributed by atoms with Crippen LogP contribution in [0.25, 0.3) is 0 Å². The molecule has 0 aliphatic heterocycles. The molecule has 0 amide bonds. The number of halogens is 1. The van der Waals surface area contributed by atoms with E-state index in [0.29, 0.717) is 0 Å². The number of carboxylic acids is 1. The van der Waals surface area contributed by atoms with E-state index in [9.17, 15) is 14.0 Å². The van der Waals surface area contributed by atoms with Gasteiger partial charge in [0.05, 0.1) is 13.0 Å². The molecule has 5 heteroatoms. The van der Waals surface area contributed by atoms with Gasteiger partial charge in [0.25, 0.3) is 0 Å². The van der Waals surface area contributed by atoms with Crippen LogP contribution in [0.4, 0.5) is 4.39 Å². The largest absolute Gasteiger partial charge is 0.481 e. The summed E-state index contributed by atoms with van der Waals surface area (Å²) in [6, 6.07) is 0. The van der Waals surface area contributed by atoms with Crippen LogP contribution in [0.5, 0.6) is 0 Å². The van der Waals surface area contributed by atoms with Crippen LogP contribution in [0.2, 0.25) is 0 Å². The fourth-order valence-electron chi connectivity index (χ4n) is 1.78. The van der Waals surface area contributed by atoms with Crippen molar-refractivity contribution in [3.63, 3.8) is 0 Å². The summed E-state index contributed by atoms with van der Waals surface area (Å²) in [5.41, 5.74) is -0.503. The molecule has 0 unspecified atom stereocenters. The van der Waals surface area contributed by atoms with E-state index in [1.54, 1.807) is 13.8 Å². The van der Waals surface area contributed by atoms with Gasteiger partial charge in [-0.1, -0.05) is 13.8 Å². The molecule has 0 aromatic carbocycles. The highest BCUT2D eigenvalue weighted by molar-refractivity contribution is 5.86. The zero-order chi connectivity index (χ0) is 11.8. The van der Waals surface area contributed by atoms with E-state index in [2.05, 4.69) is 4.74 Å². The van der Waals surface area contributed by atoms with Gasteiger partial charge in [-0.15, -0.1) is 0 Å².